The molecule has 4 unspecified atom stereocenters. The van der Waals surface area contributed by atoms with Crippen molar-refractivity contribution in [1.29, 1.82) is 0 Å². The number of aromatic amines is 3. The number of rotatable bonds is 16. The zero-order valence-electron chi connectivity index (χ0n) is 68.3. The standard InChI is InChI=1S/C19H18FN2O8P.3C18H16FN2O8PS/c1-3-12-8-22(11(2)21-17(12)25)18-15(23)16(24)19(20,29-18)10-28-31(26)27-9-13-6-4-5-7-14(13)30-31;3*1-2-10-7-21(17(31)20-15(10)24)16-13(22)14(23)18(19,28-16)9-27-30(25)26-8-11-5-3-4-6-12(11)29-30/h1,4-8,15-16,18,23-24H,2,9-10H2,(H,21,25);3*1,3-7,13-14,16,22-23H,8-9H2,(H,20,24,31)/t15-,16+,18-,19-,31?;3*13-,14+,16-,18-,30?/m1111/s1/i10D2,18D;16D;9D2;. The van der Waals surface area contributed by atoms with Crippen molar-refractivity contribution in [3.05, 3.63) is 224 Å². The first-order valence-corrected chi connectivity index (χ1v) is 42.1. The number of aromatic nitrogens is 6. The van der Waals surface area contributed by atoms with E-state index in [-0.39, 0.29) is 87.1 Å². The molecule has 4 fully saturated rings. The summed E-state index contributed by atoms with van der Waals surface area (Å²) in [7, 11) is -18.0. The van der Waals surface area contributed by atoms with Gasteiger partial charge in [-0.1, -0.05) is 103 Å². The van der Waals surface area contributed by atoms with Gasteiger partial charge >= 0.3 is 31.3 Å². The summed E-state index contributed by atoms with van der Waals surface area (Å²) in [5, 5.41) is 85.0. The summed E-state index contributed by atoms with van der Waals surface area (Å²) in [4.78, 5) is 54.3. The molecule has 0 spiro atoms. The Morgan fingerprint density at radius 3 is 1.16 bits per heavy atom. The van der Waals surface area contributed by atoms with Gasteiger partial charge in [-0.2, -0.15) is 0 Å². The van der Waals surface area contributed by atoms with Crippen molar-refractivity contribution in [3.8, 4) is 72.4 Å². The van der Waals surface area contributed by atoms with Crippen molar-refractivity contribution in [3.63, 3.8) is 0 Å². The van der Waals surface area contributed by atoms with Crippen LogP contribution in [-0.2, 0) is 105 Å². The number of halogens is 4. The SMILES string of the molecule is C#Cc1cn([C@@H]2O[C@](F)(COP3(=O)OCc4ccccc4O3)[C@@H](O)[C@H]2O)c(=S)[nH]c1=O.[2H]C([2H])(OP1(=O)OCc2ccccc2O1)[C@@]1(F)O[C@@H](n2cc(C#C)c(=O)[nH]c2=S)[C@H](O)[C@@H]1O.[2H]C([2H])(OP1(=O)OCc2ccccc2O1)[C@@]1(F)O[C@@]([2H])(N2C=C(C#C)C(=O)NC2=C)[C@H](O)[C@@H]1O.[2H][C@@]1(n2cc(C#C)c(=O)[nH]c2=S)O[C@](F)(COP2(=O)OCc3ccccc3O2)[C@@H](O)[C@H]1O. The van der Waals surface area contributed by atoms with Gasteiger partial charge in [0.25, 0.3) is 46.0 Å². The number of H-pyrrole nitrogens is 3. The van der Waals surface area contributed by atoms with Gasteiger partial charge in [0.05, 0.1) is 34.7 Å². The fraction of sp³-hybridized carbons (Fsp3) is 0.329. The van der Waals surface area contributed by atoms with Gasteiger partial charge < -0.3 is 88.1 Å². The largest absolute Gasteiger partial charge is 0.530 e. The number of alkyl halides is 4. The Bertz CT molecular complexity index is 6550. The third-order valence-corrected chi connectivity index (χ3v) is 24.3. The molecular formula is C73H66F4N8O32P4S3. The second-order valence-corrected chi connectivity index (χ2v) is 33.9. The molecule has 12 N–H and O–H groups in total. The monoisotopic (exact) mass is 1870 g/mol. The second kappa shape index (κ2) is 36.3. The number of carbonyl (C=O) groups excluding carboxylic acids is 1. The van der Waals surface area contributed by atoms with Crippen LogP contribution in [-0.4, -0.2) is 185 Å². The van der Waals surface area contributed by atoms with Gasteiger partial charge in [-0.25, -0.2) is 35.8 Å². The Balaban J connectivity index is 0.000000148. The Morgan fingerprint density at radius 1 is 0.468 bits per heavy atom. The summed E-state index contributed by atoms with van der Waals surface area (Å²) in [5.41, 5.74) is -1.01. The number of phosphoric acid groups is 4. The van der Waals surface area contributed by atoms with Crippen LogP contribution in [0.5, 0.6) is 23.0 Å². The Labute approximate surface area is 718 Å². The molecule has 0 aliphatic carbocycles. The number of hydrogen-bond acceptors (Lipinski definition) is 36. The summed E-state index contributed by atoms with van der Waals surface area (Å²) in [6.45, 7) is -7.16. The Morgan fingerprint density at radius 2 is 0.774 bits per heavy atom. The summed E-state index contributed by atoms with van der Waals surface area (Å²) in [6.07, 6.45) is -2.83. The van der Waals surface area contributed by atoms with Gasteiger partial charge in [0.15, 0.2) is 39.2 Å². The predicted molar refractivity (Wildman–Crippen MR) is 418 cm³/mol. The number of ether oxygens (including phenoxy) is 4. The predicted octanol–water partition coefficient (Wildman–Crippen LogP) is 5.50. The molecule has 656 valence electrons. The van der Waals surface area contributed by atoms with E-state index in [9.17, 15) is 78.3 Å². The first-order valence-electron chi connectivity index (χ1n) is 38.0. The van der Waals surface area contributed by atoms with E-state index in [1.807, 2.05) is 11.8 Å². The van der Waals surface area contributed by atoms with Crippen LogP contribution in [0.1, 0.15) is 65.8 Å². The molecule has 16 rings (SSSR count). The van der Waals surface area contributed by atoms with Crippen LogP contribution in [0.3, 0.4) is 0 Å². The average Bonchev–Trinajstić information content (AvgIpc) is 1.55. The number of para-hydroxylation sites is 4. The van der Waals surface area contributed by atoms with Gasteiger partial charge in [0, 0.05) is 47.0 Å². The van der Waals surface area contributed by atoms with Crippen LogP contribution < -0.4 is 40.1 Å². The van der Waals surface area contributed by atoms with Crippen molar-refractivity contribution in [2.75, 3.05) is 26.3 Å². The number of aliphatic hydroxyl groups is 8. The van der Waals surface area contributed by atoms with Crippen LogP contribution in [0, 0.1) is 63.7 Å². The molecule has 20 atom stereocenters. The van der Waals surface area contributed by atoms with Gasteiger partial charge in [-0.15, -0.1) is 25.7 Å². The van der Waals surface area contributed by atoms with Crippen molar-refractivity contribution in [2.24, 2.45) is 0 Å². The fourth-order valence-corrected chi connectivity index (χ4v) is 17.3. The highest BCUT2D eigenvalue weighted by Gasteiger charge is 2.62. The maximum atomic E-state index is 15.9. The smallest absolute Gasteiger partial charge is 0.404 e. The normalized spacial score (nSPS) is 35.0. The molecule has 0 saturated carbocycles. The fourth-order valence-electron chi connectivity index (χ4n) is 11.9. The van der Waals surface area contributed by atoms with E-state index >= 15 is 17.6 Å². The molecule has 0 bridgehead atoms. The number of carbonyl (C=O) groups is 1. The van der Waals surface area contributed by atoms with Crippen molar-refractivity contribution in [1.82, 2.24) is 38.9 Å². The zero-order chi connectivity index (χ0) is 95.0. The molecule has 124 heavy (non-hydrogen) atoms. The minimum absolute atomic E-state index is 0.0378. The lowest BCUT2D eigenvalue weighted by Crippen LogP contribution is -2.47. The van der Waals surface area contributed by atoms with Gasteiger partial charge in [-0.05, 0) is 60.9 Å². The highest BCUT2D eigenvalue weighted by atomic mass is 32.1. The number of aliphatic hydroxyl groups excluding tert-OH is 8. The topological polar surface area (TPSA) is 524 Å². The molecule has 12 heterocycles. The summed E-state index contributed by atoms with van der Waals surface area (Å²) in [6, 6.07) is 25.6. The lowest BCUT2D eigenvalue weighted by Gasteiger charge is -2.33. The lowest BCUT2D eigenvalue weighted by molar-refractivity contribution is -0.208. The van der Waals surface area contributed by atoms with Crippen LogP contribution in [0.4, 0.5) is 17.6 Å². The van der Waals surface area contributed by atoms with Crippen molar-refractivity contribution < 1.29 is 163 Å². The minimum Gasteiger partial charge on any atom is -0.404 e. The number of fused-ring (bicyclic) bond motifs is 4. The minimum atomic E-state index is -4.79. The molecule has 0 radical (unpaired) electrons. The molecule has 1 amide bonds. The van der Waals surface area contributed by atoms with Gasteiger partial charge in [0.2, 0.25) is 0 Å². The lowest BCUT2D eigenvalue weighted by atomic mass is 10.1. The average molecular weight is 1870 g/mol. The quantitative estimate of drug-likeness (QED) is 0.0246. The molecule has 4 saturated heterocycles. The van der Waals surface area contributed by atoms with E-state index in [1.54, 1.807) is 72.8 Å². The highest BCUT2D eigenvalue weighted by molar-refractivity contribution is 7.71. The molecular weight excluding hydrogens is 1800 g/mol. The van der Waals surface area contributed by atoms with E-state index in [0.29, 0.717) is 31.7 Å². The second-order valence-electron chi connectivity index (χ2n) is 26.5. The maximum Gasteiger partial charge on any atom is 0.530 e. The Hall–Kier alpha value is -9.79. The molecule has 3 aromatic heterocycles. The van der Waals surface area contributed by atoms with E-state index in [0.717, 1.165) is 33.9 Å². The Kier molecular flexibility index (Phi) is 24.5. The van der Waals surface area contributed by atoms with E-state index in [1.165, 1.54) is 24.3 Å². The number of nitrogens with zero attached hydrogens (tertiary/aromatic N) is 4. The highest BCUT2D eigenvalue weighted by Crippen LogP contribution is 2.60. The molecule has 51 heteroatoms. The van der Waals surface area contributed by atoms with Gasteiger partial charge in [0.1, 0.15) is 126 Å². The van der Waals surface area contributed by atoms with Crippen molar-refractivity contribution >= 4 is 73.9 Å². The van der Waals surface area contributed by atoms with E-state index in [2.05, 4.69) is 38.7 Å². The number of hydrogen-bond donors (Lipinski definition) is 12. The number of benzene rings is 4. The van der Waals surface area contributed by atoms with Crippen molar-refractivity contribution in [2.45, 2.75) is 124 Å². The number of terminal acetylenes is 4. The first-order chi connectivity index (χ1) is 60.8. The van der Waals surface area contributed by atoms with Crippen LogP contribution in [0.25, 0.3) is 0 Å². The maximum absolute atomic E-state index is 15.9. The number of nitrogens with one attached hydrogen (secondary N) is 4. The summed E-state index contributed by atoms with van der Waals surface area (Å²) >= 11 is 14.9. The summed E-state index contributed by atoms with van der Waals surface area (Å²) < 4.78 is 245. The molecule has 9 aliphatic rings. The molecule has 40 nitrogen and oxygen atoms in total. The number of phosphoric ester groups is 4. The molecule has 4 aromatic carbocycles. The van der Waals surface area contributed by atoms with E-state index < -0.39 is 182 Å². The first kappa shape index (κ1) is 83.7. The third-order valence-electron chi connectivity index (χ3n) is 18.4. The van der Waals surface area contributed by atoms with Crippen LogP contribution in [0.15, 0.2) is 154 Å². The number of amides is 1. The molecule has 7 aromatic rings. The third kappa shape index (κ3) is 19.0. The van der Waals surface area contributed by atoms with E-state index in [4.69, 9.17) is 144 Å². The van der Waals surface area contributed by atoms with Gasteiger partial charge in [-0.3, -0.25) is 84.0 Å². The summed E-state index contributed by atoms with van der Waals surface area (Å²) in [5.74, 6) is -6.38. The van der Waals surface area contributed by atoms with Crippen LogP contribution >= 0.6 is 67.9 Å². The van der Waals surface area contributed by atoms with Crippen LogP contribution in [0.2, 0.25) is 0 Å². The zero-order valence-corrected chi connectivity index (χ0v) is 68.3. The molecule has 9 aliphatic heterocycles.